The summed E-state index contributed by atoms with van der Waals surface area (Å²) >= 11 is 1.52. The predicted molar refractivity (Wildman–Crippen MR) is 157 cm³/mol. The monoisotopic (exact) mass is 609 g/mol. The van der Waals surface area contributed by atoms with Crippen LogP contribution in [-0.4, -0.2) is 70.1 Å². The van der Waals surface area contributed by atoms with Crippen molar-refractivity contribution in [1.82, 2.24) is 29.8 Å². The van der Waals surface area contributed by atoms with E-state index in [1.165, 1.54) is 36.3 Å². The van der Waals surface area contributed by atoms with Gasteiger partial charge in [-0.3, -0.25) is 4.79 Å². The van der Waals surface area contributed by atoms with Crippen LogP contribution in [0.25, 0.3) is 16.2 Å². The van der Waals surface area contributed by atoms with Gasteiger partial charge >= 0.3 is 16.2 Å². The maximum absolute atomic E-state index is 13.6. The number of piperidine rings is 1. The molecule has 0 unspecified atom stereocenters. The zero-order chi connectivity index (χ0) is 29.4. The fraction of sp³-hybridized carbons (Fsp3) is 0.393. The van der Waals surface area contributed by atoms with E-state index in [0.717, 1.165) is 16.0 Å². The summed E-state index contributed by atoms with van der Waals surface area (Å²) in [7, 11) is -4.24. The van der Waals surface area contributed by atoms with Crippen LogP contribution in [0.4, 0.5) is 10.6 Å². The lowest BCUT2D eigenvalue weighted by Gasteiger charge is -2.32. The Morgan fingerprint density at radius 2 is 1.83 bits per heavy atom. The molecule has 1 aliphatic heterocycles. The SMILES string of the molecule is Cc1ccc(S(=O)(=O)OC(=O)NC2CCN(C(=O)c3cc(N[C@@H](C)C4CC4)nc(-c4cnn5ccsc45)n3)CC2)cc1. The number of nitrogens with one attached hydrogen (secondary N) is 2. The van der Waals surface area contributed by atoms with Gasteiger partial charge in [0.2, 0.25) is 0 Å². The smallest absolute Gasteiger partial charge is 0.367 e. The standard InChI is InChI=1S/C28H31N7O5S2/c1-17-3-7-21(8-4-17)42(38,39)40-28(37)31-20-9-11-34(12-10-20)26(36)23-15-24(30-18(2)19-5-6-19)33-25(32-23)22-16-29-35-13-14-41-27(22)35/h3-4,7-8,13-16,18-20H,5-6,9-12H2,1-2H3,(H,31,37)(H,30,32,33)/t18-/m0/s1. The van der Waals surface area contributed by atoms with Crippen molar-refractivity contribution in [3.8, 4) is 11.4 Å². The van der Waals surface area contributed by atoms with Crippen LogP contribution in [0.3, 0.4) is 0 Å². The number of carbonyl (C=O) groups is 2. The first-order valence-corrected chi connectivity index (χ1v) is 16.1. The molecular weight excluding hydrogens is 578 g/mol. The molecule has 2 fully saturated rings. The Morgan fingerprint density at radius 1 is 1.10 bits per heavy atom. The fourth-order valence-electron chi connectivity index (χ4n) is 5.01. The van der Waals surface area contributed by atoms with Gasteiger partial charge in [0.05, 0.1) is 11.8 Å². The summed E-state index contributed by atoms with van der Waals surface area (Å²) in [5, 5.41) is 12.4. The van der Waals surface area contributed by atoms with Crippen molar-refractivity contribution < 1.29 is 22.2 Å². The van der Waals surface area contributed by atoms with E-state index in [9.17, 15) is 18.0 Å². The van der Waals surface area contributed by atoms with Gasteiger partial charge in [0.15, 0.2) is 5.82 Å². The van der Waals surface area contributed by atoms with Crippen molar-refractivity contribution in [1.29, 1.82) is 0 Å². The van der Waals surface area contributed by atoms with E-state index in [4.69, 9.17) is 9.17 Å². The first kappa shape index (κ1) is 28.1. The number of carbonyl (C=O) groups excluding carboxylic acids is 2. The number of likely N-dealkylation sites (tertiary alicyclic amines) is 1. The number of hydrogen-bond acceptors (Lipinski definition) is 10. The number of aromatic nitrogens is 4. The number of thiazole rings is 1. The fourth-order valence-corrected chi connectivity index (χ4v) is 6.62. The van der Waals surface area contributed by atoms with Crippen molar-refractivity contribution in [2.45, 2.75) is 56.5 Å². The van der Waals surface area contributed by atoms with Crippen LogP contribution >= 0.6 is 11.3 Å². The van der Waals surface area contributed by atoms with E-state index in [0.29, 0.717) is 43.5 Å². The third-order valence-electron chi connectivity index (χ3n) is 7.62. The molecule has 1 aliphatic carbocycles. The number of hydrogen-bond donors (Lipinski definition) is 2. The van der Waals surface area contributed by atoms with E-state index in [2.05, 4.69) is 27.6 Å². The second-order valence-corrected chi connectivity index (χ2v) is 13.2. The van der Waals surface area contributed by atoms with Crippen LogP contribution in [0, 0.1) is 12.8 Å². The summed E-state index contributed by atoms with van der Waals surface area (Å²) in [6.45, 7) is 4.67. The molecule has 0 bridgehead atoms. The van der Waals surface area contributed by atoms with Crippen molar-refractivity contribution >= 4 is 44.1 Å². The lowest BCUT2D eigenvalue weighted by Crippen LogP contribution is -2.47. The summed E-state index contributed by atoms with van der Waals surface area (Å²) < 4.78 is 31.4. The number of aryl methyl sites for hydroxylation is 1. The first-order chi connectivity index (χ1) is 20.2. The highest BCUT2D eigenvalue weighted by atomic mass is 32.2. The molecule has 1 aromatic carbocycles. The molecule has 1 saturated heterocycles. The maximum Gasteiger partial charge on any atom is 0.423 e. The topological polar surface area (TPSA) is 148 Å². The highest BCUT2D eigenvalue weighted by molar-refractivity contribution is 7.87. The summed E-state index contributed by atoms with van der Waals surface area (Å²) in [4.78, 5) is 37.9. The Kier molecular flexibility index (Phi) is 7.58. The van der Waals surface area contributed by atoms with E-state index in [1.54, 1.807) is 33.8 Å². The van der Waals surface area contributed by atoms with Crippen LogP contribution in [-0.2, 0) is 14.3 Å². The van der Waals surface area contributed by atoms with Crippen LogP contribution in [0.2, 0.25) is 0 Å². The lowest BCUT2D eigenvalue weighted by atomic mass is 10.0. The highest BCUT2D eigenvalue weighted by Crippen LogP contribution is 2.34. The van der Waals surface area contributed by atoms with Crippen LogP contribution < -0.4 is 10.6 Å². The molecule has 14 heteroatoms. The largest absolute Gasteiger partial charge is 0.423 e. The minimum atomic E-state index is -4.24. The zero-order valence-corrected chi connectivity index (χ0v) is 24.8. The quantitative estimate of drug-likeness (QED) is 0.282. The first-order valence-electron chi connectivity index (χ1n) is 13.8. The van der Waals surface area contributed by atoms with E-state index in [-0.39, 0.29) is 28.6 Å². The average molecular weight is 610 g/mol. The van der Waals surface area contributed by atoms with E-state index >= 15 is 0 Å². The molecule has 4 aromatic rings. The molecule has 2 aliphatic rings. The number of amides is 2. The number of fused-ring (bicyclic) bond motifs is 1. The molecular formula is C28H31N7O5S2. The highest BCUT2D eigenvalue weighted by Gasteiger charge is 2.30. The second-order valence-electron chi connectivity index (χ2n) is 10.8. The Morgan fingerprint density at radius 3 is 2.55 bits per heavy atom. The molecule has 42 heavy (non-hydrogen) atoms. The van der Waals surface area contributed by atoms with Crippen molar-refractivity contribution in [2.75, 3.05) is 18.4 Å². The van der Waals surface area contributed by atoms with Gasteiger partial charge in [0.1, 0.15) is 21.2 Å². The van der Waals surface area contributed by atoms with E-state index in [1.807, 2.05) is 18.5 Å². The molecule has 3 aromatic heterocycles. The third kappa shape index (κ3) is 6.09. The molecule has 1 atom stereocenters. The Bertz CT molecular complexity index is 1720. The zero-order valence-electron chi connectivity index (χ0n) is 23.2. The van der Waals surface area contributed by atoms with Gasteiger partial charge < -0.3 is 19.7 Å². The number of nitrogens with zero attached hydrogens (tertiary/aromatic N) is 5. The molecule has 0 spiro atoms. The summed E-state index contributed by atoms with van der Waals surface area (Å²) in [5.41, 5.74) is 1.92. The van der Waals surface area contributed by atoms with Gasteiger partial charge in [-0.05, 0) is 57.6 Å². The molecule has 0 radical (unpaired) electrons. The second kappa shape index (κ2) is 11.3. The normalized spacial score (nSPS) is 16.8. The Hall–Kier alpha value is -4.04. The molecule has 1 saturated carbocycles. The Labute approximate surface area is 247 Å². The summed E-state index contributed by atoms with van der Waals surface area (Å²) in [6.07, 6.45) is 5.75. The summed E-state index contributed by atoms with van der Waals surface area (Å²) in [5.74, 6) is 1.37. The van der Waals surface area contributed by atoms with Crippen LogP contribution in [0.15, 0.2) is 53.0 Å². The molecule has 2 amide bonds. The van der Waals surface area contributed by atoms with Gasteiger partial charge in [0, 0.05) is 42.8 Å². The molecule has 220 valence electrons. The number of rotatable bonds is 8. The van der Waals surface area contributed by atoms with Gasteiger partial charge in [-0.2, -0.15) is 13.5 Å². The van der Waals surface area contributed by atoms with Gasteiger partial charge in [0.25, 0.3) is 5.91 Å². The van der Waals surface area contributed by atoms with Crippen molar-refractivity contribution in [3.63, 3.8) is 0 Å². The average Bonchev–Trinajstić information content (AvgIpc) is 3.58. The minimum Gasteiger partial charge on any atom is -0.367 e. The number of benzene rings is 1. The molecule has 12 nitrogen and oxygen atoms in total. The minimum absolute atomic E-state index is 0.0933. The van der Waals surface area contributed by atoms with Gasteiger partial charge in [-0.1, -0.05) is 17.7 Å². The molecule has 6 rings (SSSR count). The molecule has 4 heterocycles. The lowest BCUT2D eigenvalue weighted by molar-refractivity contribution is 0.0700. The summed E-state index contributed by atoms with van der Waals surface area (Å²) in [6, 6.07) is 7.62. The van der Waals surface area contributed by atoms with Crippen LogP contribution in [0.1, 0.15) is 48.7 Å². The van der Waals surface area contributed by atoms with Crippen LogP contribution in [0.5, 0.6) is 0 Å². The number of anilines is 1. The van der Waals surface area contributed by atoms with E-state index < -0.39 is 16.2 Å². The van der Waals surface area contributed by atoms with Crippen molar-refractivity contribution in [3.05, 3.63) is 59.4 Å². The van der Waals surface area contributed by atoms with Gasteiger partial charge in [-0.15, -0.1) is 11.3 Å². The third-order valence-corrected chi connectivity index (χ3v) is 9.73. The molecule has 2 N–H and O–H groups in total. The predicted octanol–water partition coefficient (Wildman–Crippen LogP) is 4.09. The van der Waals surface area contributed by atoms with Crippen molar-refractivity contribution in [2.24, 2.45) is 5.92 Å². The Balaban J connectivity index is 1.12. The maximum atomic E-state index is 13.6. The van der Waals surface area contributed by atoms with Gasteiger partial charge in [-0.25, -0.2) is 19.3 Å².